The van der Waals surface area contributed by atoms with Gasteiger partial charge < -0.3 is 14.2 Å². The maximum Gasteiger partial charge on any atom is 0.231 e. The number of halogens is 1. The van der Waals surface area contributed by atoms with Crippen LogP contribution < -0.4 is 14.2 Å². The lowest BCUT2D eigenvalue weighted by Gasteiger charge is -2.27. The SMILES string of the molecule is c1ccc(-c2ccnc3ccc(Nc4nc5c(c(NC6CCC6)n4)N=IN5)cc23)cc1. The lowest BCUT2D eigenvalue weighted by molar-refractivity contribution is 0.444. The average Bonchev–Trinajstić information content (AvgIpc) is 3.25. The second-order valence-electron chi connectivity index (χ2n) is 7.71. The van der Waals surface area contributed by atoms with E-state index >= 15 is 0 Å². The lowest BCUT2D eigenvalue weighted by Crippen LogP contribution is -2.27. The molecule has 1 saturated carbocycles. The molecule has 0 amide bonds. The van der Waals surface area contributed by atoms with Crippen LogP contribution >= 0.6 is 21.3 Å². The molecule has 6 rings (SSSR count). The number of rotatable bonds is 5. The highest BCUT2D eigenvalue weighted by atomic mass is 127. The molecule has 154 valence electrons. The molecular weight excluding hydrogens is 501 g/mol. The Morgan fingerprint density at radius 1 is 1.00 bits per heavy atom. The fraction of sp³-hybridized carbons (Fsp3) is 0.174. The molecule has 1 aliphatic carbocycles. The summed E-state index contributed by atoms with van der Waals surface area (Å²) in [5.41, 5.74) is 5.08. The fourth-order valence-corrected chi connectivity index (χ4v) is 5.25. The number of nitrogens with one attached hydrogen (secondary N) is 3. The summed E-state index contributed by atoms with van der Waals surface area (Å²) in [6.45, 7) is 0. The third-order valence-electron chi connectivity index (χ3n) is 5.67. The first-order valence-corrected chi connectivity index (χ1v) is 12.4. The van der Waals surface area contributed by atoms with Gasteiger partial charge in [0.2, 0.25) is 5.95 Å². The molecule has 2 aromatic carbocycles. The molecule has 2 aromatic heterocycles. The van der Waals surface area contributed by atoms with E-state index in [1.54, 1.807) is 0 Å². The highest BCUT2D eigenvalue weighted by molar-refractivity contribution is 14.2. The van der Waals surface area contributed by atoms with Crippen LogP contribution in [0.1, 0.15) is 19.3 Å². The van der Waals surface area contributed by atoms with E-state index in [1.807, 2.05) is 24.4 Å². The zero-order valence-electron chi connectivity index (χ0n) is 16.6. The van der Waals surface area contributed by atoms with Crippen LogP contribution in [0.3, 0.4) is 0 Å². The number of hydrogen-bond donors (Lipinski definition) is 3. The van der Waals surface area contributed by atoms with Gasteiger partial charge in [0.05, 0.1) is 5.52 Å². The van der Waals surface area contributed by atoms with Crippen LogP contribution in [0.4, 0.5) is 29.0 Å². The van der Waals surface area contributed by atoms with Crippen LogP contribution in [0.25, 0.3) is 22.0 Å². The predicted molar refractivity (Wildman–Crippen MR) is 133 cm³/mol. The van der Waals surface area contributed by atoms with Gasteiger partial charge in [-0.3, -0.25) is 4.98 Å². The first kappa shape index (κ1) is 18.6. The van der Waals surface area contributed by atoms with Crippen molar-refractivity contribution in [3.63, 3.8) is 0 Å². The summed E-state index contributed by atoms with van der Waals surface area (Å²) in [5, 5.41) is 8.03. The molecule has 7 nitrogen and oxygen atoms in total. The third-order valence-corrected chi connectivity index (χ3v) is 7.15. The standard InChI is InChI=1S/C23H20IN7/c1-2-5-14(6-3-1)17-11-12-25-19-10-9-16(13-18(17)19)27-23-28-21(26-15-7-4-8-15)20-22(29-23)31-24-30-20/h1-3,5-6,9-13,15H,4,7-8H2,(H3,26,27,28,29,30,31). The van der Waals surface area contributed by atoms with Crippen molar-refractivity contribution >= 4 is 61.2 Å². The maximum atomic E-state index is 4.76. The summed E-state index contributed by atoms with van der Waals surface area (Å²) >= 11 is -0.448. The largest absolute Gasteiger partial charge is 0.365 e. The molecular formula is C23H20IN7. The van der Waals surface area contributed by atoms with E-state index < -0.39 is 21.3 Å². The van der Waals surface area contributed by atoms with E-state index in [9.17, 15) is 0 Å². The first-order chi connectivity index (χ1) is 15.3. The topological polar surface area (TPSA) is 87.1 Å². The maximum absolute atomic E-state index is 4.76. The zero-order valence-corrected chi connectivity index (χ0v) is 18.8. The van der Waals surface area contributed by atoms with Crippen LogP contribution in [0.5, 0.6) is 0 Å². The van der Waals surface area contributed by atoms with Crippen molar-refractivity contribution in [1.29, 1.82) is 0 Å². The van der Waals surface area contributed by atoms with Gasteiger partial charge in [-0.2, -0.15) is 13.1 Å². The Hall–Kier alpha value is -3.14. The van der Waals surface area contributed by atoms with Crippen molar-refractivity contribution in [3.8, 4) is 11.1 Å². The van der Waals surface area contributed by atoms with Gasteiger partial charge in [-0.1, -0.05) is 30.3 Å². The van der Waals surface area contributed by atoms with Crippen LogP contribution in [0.2, 0.25) is 0 Å². The molecule has 31 heavy (non-hydrogen) atoms. The summed E-state index contributed by atoms with van der Waals surface area (Å²) in [6, 6.07) is 19.1. The van der Waals surface area contributed by atoms with Gasteiger partial charge in [0.15, 0.2) is 17.3 Å². The number of anilines is 4. The first-order valence-electron chi connectivity index (χ1n) is 10.3. The van der Waals surface area contributed by atoms with Crippen molar-refractivity contribution in [3.05, 3.63) is 60.8 Å². The van der Waals surface area contributed by atoms with Crippen LogP contribution in [-0.2, 0) is 0 Å². The van der Waals surface area contributed by atoms with Crippen molar-refractivity contribution in [2.45, 2.75) is 25.3 Å². The smallest absolute Gasteiger partial charge is 0.231 e. The molecule has 0 saturated heterocycles. The van der Waals surface area contributed by atoms with Crippen LogP contribution in [-0.4, -0.2) is 21.0 Å². The Bertz CT molecular complexity index is 1300. The van der Waals surface area contributed by atoms with Gasteiger partial charge in [-0.05, 0) is 54.7 Å². The van der Waals surface area contributed by atoms with Crippen molar-refractivity contribution in [2.75, 3.05) is 14.2 Å². The Balaban J connectivity index is 1.37. The minimum absolute atomic E-state index is 0.448. The molecule has 0 spiro atoms. The zero-order chi connectivity index (χ0) is 20.6. The van der Waals surface area contributed by atoms with Gasteiger partial charge >= 0.3 is 0 Å². The van der Waals surface area contributed by atoms with Gasteiger partial charge in [-0.25, -0.2) is 0 Å². The molecule has 0 unspecified atom stereocenters. The number of hydrogen-bond acceptors (Lipinski definition) is 7. The van der Waals surface area contributed by atoms with Crippen LogP contribution in [0, 0.1) is 0 Å². The molecule has 3 heterocycles. The Morgan fingerprint density at radius 2 is 1.90 bits per heavy atom. The normalized spacial score (nSPS) is 15.0. The average molecular weight is 521 g/mol. The van der Waals surface area contributed by atoms with E-state index in [1.165, 1.54) is 24.8 Å². The summed E-state index contributed by atoms with van der Waals surface area (Å²) in [6.07, 6.45) is 5.50. The monoisotopic (exact) mass is 521 g/mol. The van der Waals surface area contributed by atoms with Gasteiger partial charge in [0, 0.05) is 23.3 Å². The molecule has 8 heteroatoms. The number of pyridine rings is 1. The molecule has 3 N–H and O–H groups in total. The summed E-state index contributed by atoms with van der Waals surface area (Å²) in [7, 11) is 0. The van der Waals surface area contributed by atoms with Crippen molar-refractivity contribution in [1.82, 2.24) is 15.0 Å². The predicted octanol–water partition coefficient (Wildman–Crippen LogP) is 6.53. The van der Waals surface area contributed by atoms with E-state index in [2.05, 4.69) is 63.7 Å². The molecule has 4 aromatic rings. The van der Waals surface area contributed by atoms with Gasteiger partial charge in [0.25, 0.3) is 0 Å². The molecule has 0 bridgehead atoms. The van der Waals surface area contributed by atoms with Gasteiger partial charge in [0.1, 0.15) is 21.3 Å². The quantitative estimate of drug-likeness (QED) is 0.205. The number of nitrogens with zero attached hydrogens (tertiary/aromatic N) is 4. The highest BCUT2D eigenvalue weighted by Gasteiger charge is 2.23. The minimum Gasteiger partial charge on any atom is -0.365 e. The van der Waals surface area contributed by atoms with E-state index in [-0.39, 0.29) is 0 Å². The lowest BCUT2D eigenvalue weighted by atomic mass is 9.93. The number of fused-ring (bicyclic) bond motifs is 2. The third kappa shape index (κ3) is 3.60. The minimum atomic E-state index is -0.448. The molecule has 0 atom stereocenters. The van der Waals surface area contributed by atoms with Crippen LogP contribution in [0.15, 0.2) is 63.9 Å². The summed E-state index contributed by atoms with van der Waals surface area (Å²) in [4.78, 5) is 14.0. The Morgan fingerprint density at radius 3 is 2.74 bits per heavy atom. The highest BCUT2D eigenvalue weighted by Crippen LogP contribution is 2.42. The second-order valence-corrected chi connectivity index (χ2v) is 9.21. The molecule has 1 fully saturated rings. The Labute approximate surface area is 190 Å². The van der Waals surface area contributed by atoms with Gasteiger partial charge in [-0.15, -0.1) is 0 Å². The summed E-state index contributed by atoms with van der Waals surface area (Å²) < 4.78 is 7.96. The second kappa shape index (κ2) is 7.84. The number of benzene rings is 2. The fourth-order valence-electron chi connectivity index (χ4n) is 3.83. The van der Waals surface area contributed by atoms with E-state index in [4.69, 9.17) is 4.98 Å². The molecule has 1 aliphatic heterocycles. The van der Waals surface area contributed by atoms with Crippen molar-refractivity contribution < 1.29 is 0 Å². The molecule has 0 radical (unpaired) electrons. The molecule has 2 aliphatic rings. The van der Waals surface area contributed by atoms with Crippen molar-refractivity contribution in [2.24, 2.45) is 3.15 Å². The number of aromatic nitrogens is 3. The van der Waals surface area contributed by atoms with E-state index in [0.29, 0.717) is 12.0 Å². The Kier molecular flexibility index (Phi) is 4.71. The summed E-state index contributed by atoms with van der Waals surface area (Å²) in [5.74, 6) is 2.22. The van der Waals surface area contributed by atoms with E-state index in [0.717, 1.165) is 39.5 Å².